The maximum absolute atomic E-state index is 11.9. The number of hydrogen-bond acceptors (Lipinski definition) is 4. The molecule has 4 nitrogen and oxygen atoms in total. The minimum atomic E-state index is -0.107. The molecule has 1 heterocycles. The molecule has 0 saturated carbocycles. The number of aryl methyl sites for hydroxylation is 2. The topological polar surface area (TPSA) is 51.2 Å². The summed E-state index contributed by atoms with van der Waals surface area (Å²) in [7, 11) is 0. The molecule has 2 aromatic carbocycles. The lowest BCUT2D eigenvalue weighted by Crippen LogP contribution is -2.30. The second kappa shape index (κ2) is 9.33. The van der Waals surface area contributed by atoms with Crippen molar-refractivity contribution in [3.05, 3.63) is 70.0 Å². The van der Waals surface area contributed by atoms with Gasteiger partial charge in [-0.05, 0) is 43.0 Å². The van der Waals surface area contributed by atoms with Crippen LogP contribution in [0.25, 0.3) is 11.3 Å². The molecule has 0 radical (unpaired) electrons. The Labute approximate surface area is 164 Å². The van der Waals surface area contributed by atoms with Gasteiger partial charge in [-0.3, -0.25) is 4.79 Å². The van der Waals surface area contributed by atoms with Gasteiger partial charge in [0.25, 0.3) is 5.91 Å². The molecule has 0 aliphatic heterocycles. The minimum absolute atomic E-state index is 0.0353. The van der Waals surface area contributed by atoms with Crippen LogP contribution in [0.1, 0.15) is 23.1 Å². The number of nitrogens with zero attached hydrogens (tertiary/aromatic N) is 1. The summed E-state index contributed by atoms with van der Waals surface area (Å²) >= 11 is 1.65. The number of hydrogen-bond donors (Lipinski definition) is 1. The van der Waals surface area contributed by atoms with E-state index >= 15 is 0 Å². The lowest BCUT2D eigenvalue weighted by Gasteiger charge is -2.08. The van der Waals surface area contributed by atoms with E-state index in [1.807, 2.05) is 31.2 Å². The van der Waals surface area contributed by atoms with Crippen molar-refractivity contribution in [1.82, 2.24) is 10.3 Å². The van der Waals surface area contributed by atoms with Crippen molar-refractivity contribution in [2.45, 2.75) is 26.7 Å². The number of ether oxygens (including phenoxy) is 1. The van der Waals surface area contributed by atoms with Gasteiger partial charge in [0.15, 0.2) is 6.61 Å². The third-order valence-corrected chi connectivity index (χ3v) is 5.08. The summed E-state index contributed by atoms with van der Waals surface area (Å²) in [6.45, 7) is 4.74. The van der Waals surface area contributed by atoms with Gasteiger partial charge in [0.1, 0.15) is 5.75 Å². The van der Waals surface area contributed by atoms with Crippen LogP contribution in [0.15, 0.2) is 53.9 Å². The van der Waals surface area contributed by atoms with Crippen LogP contribution in [-0.4, -0.2) is 24.0 Å². The summed E-state index contributed by atoms with van der Waals surface area (Å²) in [5.74, 6) is 0.611. The molecular weight excluding hydrogens is 356 g/mol. The Kier molecular flexibility index (Phi) is 6.60. The molecular formula is C22H24N2O2S. The Morgan fingerprint density at radius 3 is 2.41 bits per heavy atom. The van der Waals surface area contributed by atoms with E-state index in [9.17, 15) is 4.79 Å². The molecule has 0 spiro atoms. The largest absolute Gasteiger partial charge is 0.484 e. The van der Waals surface area contributed by atoms with Crippen molar-refractivity contribution in [2.75, 3.05) is 13.2 Å². The van der Waals surface area contributed by atoms with Crippen LogP contribution in [0.4, 0.5) is 0 Å². The first-order chi connectivity index (χ1) is 13.1. The zero-order valence-corrected chi connectivity index (χ0v) is 16.5. The van der Waals surface area contributed by atoms with Crippen molar-refractivity contribution in [3.8, 4) is 17.0 Å². The zero-order chi connectivity index (χ0) is 19.1. The van der Waals surface area contributed by atoms with Gasteiger partial charge in [-0.1, -0.05) is 43.3 Å². The number of nitrogens with one attached hydrogen (secondary N) is 1. The standard InChI is InChI=1S/C22H24N2O2S/c1-3-17-6-10-20(11-7-17)26-14-22(25)23-13-12-18-4-8-19(9-5-18)21-15-27-16(2)24-21/h4-11,15H,3,12-14H2,1-2H3,(H,23,25). The van der Waals surface area contributed by atoms with Gasteiger partial charge >= 0.3 is 0 Å². The Bertz CT molecular complexity index is 870. The molecule has 0 atom stereocenters. The van der Waals surface area contributed by atoms with Crippen molar-refractivity contribution >= 4 is 17.2 Å². The fraction of sp³-hybridized carbons (Fsp3) is 0.273. The van der Waals surface area contributed by atoms with Crippen molar-refractivity contribution in [3.63, 3.8) is 0 Å². The molecule has 27 heavy (non-hydrogen) atoms. The van der Waals surface area contributed by atoms with Crippen molar-refractivity contribution in [1.29, 1.82) is 0 Å². The quantitative estimate of drug-likeness (QED) is 0.629. The van der Waals surface area contributed by atoms with Crippen LogP contribution >= 0.6 is 11.3 Å². The number of aromatic nitrogens is 1. The van der Waals surface area contributed by atoms with Gasteiger partial charge in [0, 0.05) is 17.5 Å². The smallest absolute Gasteiger partial charge is 0.257 e. The van der Waals surface area contributed by atoms with E-state index in [4.69, 9.17) is 4.74 Å². The van der Waals surface area contributed by atoms with E-state index in [0.717, 1.165) is 34.9 Å². The molecule has 0 unspecified atom stereocenters. The number of carbonyl (C=O) groups excluding carboxylic acids is 1. The first kappa shape index (κ1) is 19.1. The molecule has 0 fully saturated rings. The lowest BCUT2D eigenvalue weighted by atomic mass is 10.1. The van der Waals surface area contributed by atoms with Crippen LogP contribution in [-0.2, 0) is 17.6 Å². The van der Waals surface area contributed by atoms with E-state index < -0.39 is 0 Å². The highest BCUT2D eigenvalue weighted by molar-refractivity contribution is 7.09. The summed E-state index contributed by atoms with van der Waals surface area (Å²) in [5, 5.41) is 6.04. The van der Waals surface area contributed by atoms with Crippen LogP contribution in [0.5, 0.6) is 5.75 Å². The van der Waals surface area contributed by atoms with Gasteiger partial charge < -0.3 is 10.1 Å². The highest BCUT2D eigenvalue weighted by Crippen LogP contribution is 2.21. The van der Waals surface area contributed by atoms with E-state index in [1.165, 1.54) is 11.1 Å². The summed E-state index contributed by atoms with van der Waals surface area (Å²) < 4.78 is 5.52. The first-order valence-electron chi connectivity index (χ1n) is 9.14. The normalized spacial score (nSPS) is 10.6. The van der Waals surface area contributed by atoms with Crippen molar-refractivity contribution in [2.24, 2.45) is 0 Å². The average Bonchev–Trinajstić information content (AvgIpc) is 3.13. The number of benzene rings is 2. The fourth-order valence-electron chi connectivity index (χ4n) is 2.71. The van der Waals surface area contributed by atoms with Crippen LogP contribution in [0.3, 0.4) is 0 Å². The van der Waals surface area contributed by atoms with Crippen LogP contribution in [0.2, 0.25) is 0 Å². The molecule has 3 rings (SSSR count). The average molecular weight is 381 g/mol. The molecule has 0 bridgehead atoms. The zero-order valence-electron chi connectivity index (χ0n) is 15.7. The third kappa shape index (κ3) is 5.66. The second-order valence-corrected chi connectivity index (χ2v) is 7.40. The van der Waals surface area contributed by atoms with Crippen LogP contribution in [0, 0.1) is 6.92 Å². The second-order valence-electron chi connectivity index (χ2n) is 6.33. The third-order valence-electron chi connectivity index (χ3n) is 4.31. The highest BCUT2D eigenvalue weighted by atomic mass is 32.1. The maximum atomic E-state index is 11.9. The van der Waals surface area contributed by atoms with Gasteiger partial charge in [0.2, 0.25) is 0 Å². The minimum Gasteiger partial charge on any atom is -0.484 e. The van der Waals surface area contributed by atoms with Gasteiger partial charge in [-0.15, -0.1) is 11.3 Å². The number of amides is 1. The molecule has 0 aliphatic carbocycles. The Morgan fingerprint density at radius 1 is 1.07 bits per heavy atom. The number of carbonyl (C=O) groups is 1. The summed E-state index contributed by atoms with van der Waals surface area (Å²) in [6.07, 6.45) is 1.78. The predicted octanol–water partition coefficient (Wildman–Crippen LogP) is 4.42. The molecule has 1 aromatic heterocycles. The van der Waals surface area contributed by atoms with E-state index in [0.29, 0.717) is 6.54 Å². The first-order valence-corrected chi connectivity index (χ1v) is 10.0. The van der Waals surface area contributed by atoms with Gasteiger partial charge in [0.05, 0.1) is 10.7 Å². The monoisotopic (exact) mass is 380 g/mol. The van der Waals surface area contributed by atoms with E-state index in [1.54, 1.807) is 11.3 Å². The molecule has 1 amide bonds. The van der Waals surface area contributed by atoms with Gasteiger partial charge in [-0.2, -0.15) is 0 Å². The van der Waals surface area contributed by atoms with E-state index in [2.05, 4.69) is 46.9 Å². The summed E-state index contributed by atoms with van der Waals surface area (Å²) in [6, 6.07) is 16.2. The fourth-order valence-corrected chi connectivity index (χ4v) is 3.33. The molecule has 140 valence electrons. The van der Waals surface area contributed by atoms with Crippen molar-refractivity contribution < 1.29 is 9.53 Å². The predicted molar refractivity (Wildman–Crippen MR) is 110 cm³/mol. The molecule has 0 aliphatic rings. The Morgan fingerprint density at radius 2 is 1.78 bits per heavy atom. The Hall–Kier alpha value is -2.66. The number of rotatable bonds is 8. The summed E-state index contributed by atoms with van der Waals surface area (Å²) in [5.41, 5.74) is 4.57. The molecule has 3 aromatic rings. The molecule has 1 N–H and O–H groups in total. The van der Waals surface area contributed by atoms with Crippen LogP contribution < -0.4 is 10.1 Å². The lowest BCUT2D eigenvalue weighted by molar-refractivity contribution is -0.123. The maximum Gasteiger partial charge on any atom is 0.257 e. The van der Waals surface area contributed by atoms with E-state index in [-0.39, 0.29) is 12.5 Å². The Balaban J connectivity index is 1.40. The summed E-state index contributed by atoms with van der Waals surface area (Å²) in [4.78, 5) is 16.4. The molecule has 5 heteroatoms. The highest BCUT2D eigenvalue weighted by Gasteiger charge is 2.04. The SMILES string of the molecule is CCc1ccc(OCC(=O)NCCc2ccc(-c3csc(C)n3)cc2)cc1. The molecule has 0 saturated heterocycles. The number of thiazole rings is 1. The van der Waals surface area contributed by atoms with Gasteiger partial charge in [-0.25, -0.2) is 4.98 Å².